The number of H-pyrrole nitrogens is 1. The Labute approximate surface area is 116 Å². The van der Waals surface area contributed by atoms with Crippen LogP contribution < -0.4 is 10.6 Å². The molecular formula is C14H18N4O2. The first kappa shape index (κ1) is 14.0. The van der Waals surface area contributed by atoms with E-state index in [2.05, 4.69) is 34.7 Å². The second kappa shape index (κ2) is 6.18. The normalized spacial score (nSPS) is 10.8. The van der Waals surface area contributed by atoms with Crippen molar-refractivity contribution in [2.24, 2.45) is 5.92 Å². The van der Waals surface area contributed by atoms with Crippen LogP contribution in [-0.4, -0.2) is 28.6 Å². The van der Waals surface area contributed by atoms with Crippen LogP contribution in [0.25, 0.3) is 10.9 Å². The van der Waals surface area contributed by atoms with E-state index in [9.17, 15) is 9.59 Å². The van der Waals surface area contributed by atoms with E-state index in [1.165, 1.54) is 0 Å². The van der Waals surface area contributed by atoms with E-state index in [0.717, 1.165) is 17.3 Å². The van der Waals surface area contributed by atoms with E-state index < -0.39 is 11.8 Å². The fourth-order valence-electron chi connectivity index (χ4n) is 1.76. The molecule has 0 aliphatic carbocycles. The first-order chi connectivity index (χ1) is 9.56. The van der Waals surface area contributed by atoms with E-state index >= 15 is 0 Å². The molecule has 0 bridgehead atoms. The number of hydrogen-bond donors (Lipinski definition) is 3. The summed E-state index contributed by atoms with van der Waals surface area (Å²) in [6.45, 7) is 4.63. The Morgan fingerprint density at radius 3 is 2.85 bits per heavy atom. The van der Waals surface area contributed by atoms with Crippen LogP contribution in [0, 0.1) is 5.92 Å². The van der Waals surface area contributed by atoms with Crippen LogP contribution in [0.15, 0.2) is 24.4 Å². The van der Waals surface area contributed by atoms with E-state index in [1.54, 1.807) is 18.3 Å². The second-order valence-electron chi connectivity index (χ2n) is 5.06. The van der Waals surface area contributed by atoms with Crippen LogP contribution in [-0.2, 0) is 9.59 Å². The molecule has 0 aliphatic rings. The van der Waals surface area contributed by atoms with Crippen molar-refractivity contribution in [2.75, 3.05) is 11.9 Å². The van der Waals surface area contributed by atoms with Crippen LogP contribution in [0.2, 0.25) is 0 Å². The molecule has 1 heterocycles. The molecule has 0 atom stereocenters. The maximum Gasteiger partial charge on any atom is 0.313 e. The van der Waals surface area contributed by atoms with Crippen molar-refractivity contribution in [1.82, 2.24) is 15.5 Å². The molecule has 3 N–H and O–H groups in total. The summed E-state index contributed by atoms with van der Waals surface area (Å²) in [7, 11) is 0. The number of rotatable bonds is 4. The van der Waals surface area contributed by atoms with Gasteiger partial charge in [-0.1, -0.05) is 13.8 Å². The monoisotopic (exact) mass is 274 g/mol. The molecule has 0 fully saturated rings. The van der Waals surface area contributed by atoms with Crippen LogP contribution in [0.4, 0.5) is 5.69 Å². The zero-order valence-corrected chi connectivity index (χ0v) is 11.6. The summed E-state index contributed by atoms with van der Waals surface area (Å²) >= 11 is 0. The molecule has 2 rings (SSSR count). The number of carbonyl (C=O) groups is 2. The number of hydrogen-bond acceptors (Lipinski definition) is 3. The third-order valence-electron chi connectivity index (χ3n) is 2.91. The first-order valence-corrected chi connectivity index (χ1v) is 6.58. The number of amides is 2. The van der Waals surface area contributed by atoms with Gasteiger partial charge in [-0.2, -0.15) is 5.10 Å². The van der Waals surface area contributed by atoms with Crippen LogP contribution in [0.1, 0.15) is 20.3 Å². The summed E-state index contributed by atoms with van der Waals surface area (Å²) < 4.78 is 0. The van der Waals surface area contributed by atoms with Gasteiger partial charge in [0.2, 0.25) is 0 Å². The summed E-state index contributed by atoms with van der Waals surface area (Å²) in [5.41, 5.74) is 1.37. The number of anilines is 1. The van der Waals surface area contributed by atoms with E-state index in [-0.39, 0.29) is 0 Å². The van der Waals surface area contributed by atoms with Gasteiger partial charge >= 0.3 is 11.8 Å². The van der Waals surface area contributed by atoms with Gasteiger partial charge in [0.25, 0.3) is 0 Å². The third kappa shape index (κ3) is 3.57. The van der Waals surface area contributed by atoms with Crippen molar-refractivity contribution in [1.29, 1.82) is 0 Å². The van der Waals surface area contributed by atoms with Gasteiger partial charge in [-0.15, -0.1) is 0 Å². The van der Waals surface area contributed by atoms with Gasteiger partial charge in [0.1, 0.15) is 0 Å². The molecule has 20 heavy (non-hydrogen) atoms. The minimum Gasteiger partial charge on any atom is -0.348 e. The number of benzene rings is 1. The fourth-order valence-corrected chi connectivity index (χ4v) is 1.76. The fraction of sp³-hybridized carbons (Fsp3) is 0.357. The predicted molar refractivity (Wildman–Crippen MR) is 77.2 cm³/mol. The Morgan fingerprint density at radius 2 is 2.10 bits per heavy atom. The highest BCUT2D eigenvalue weighted by Crippen LogP contribution is 2.16. The highest BCUT2D eigenvalue weighted by molar-refractivity contribution is 6.39. The van der Waals surface area contributed by atoms with Crippen molar-refractivity contribution in [2.45, 2.75) is 20.3 Å². The molecule has 2 aromatic rings. The van der Waals surface area contributed by atoms with E-state index in [4.69, 9.17) is 0 Å². The van der Waals surface area contributed by atoms with Gasteiger partial charge in [0, 0.05) is 17.6 Å². The molecule has 1 aromatic heterocycles. The zero-order valence-electron chi connectivity index (χ0n) is 11.6. The Kier molecular flexibility index (Phi) is 4.34. The van der Waals surface area contributed by atoms with Crippen molar-refractivity contribution < 1.29 is 9.59 Å². The Bertz CT molecular complexity index is 618. The minimum absolute atomic E-state index is 0.487. The molecular weight excluding hydrogens is 256 g/mol. The topological polar surface area (TPSA) is 86.9 Å². The van der Waals surface area contributed by atoms with Gasteiger partial charge in [0.15, 0.2) is 0 Å². The standard InChI is InChI=1S/C14H18N4O2/c1-9(2)5-6-15-13(19)14(20)17-11-4-3-10-8-16-18-12(10)7-11/h3-4,7-9H,5-6H2,1-2H3,(H,15,19)(H,16,18)(H,17,20). The lowest BCUT2D eigenvalue weighted by molar-refractivity contribution is -0.136. The SMILES string of the molecule is CC(C)CCNC(=O)C(=O)Nc1ccc2cn[nH]c2c1. The molecule has 0 saturated carbocycles. The van der Waals surface area contributed by atoms with Gasteiger partial charge in [-0.05, 0) is 30.5 Å². The average Bonchev–Trinajstić information content (AvgIpc) is 2.85. The quantitative estimate of drug-likeness (QED) is 0.741. The number of aromatic nitrogens is 2. The van der Waals surface area contributed by atoms with Crippen molar-refractivity contribution in [3.05, 3.63) is 24.4 Å². The lowest BCUT2D eigenvalue weighted by Gasteiger charge is -2.07. The Balaban J connectivity index is 1.91. The van der Waals surface area contributed by atoms with Gasteiger partial charge < -0.3 is 10.6 Å². The summed E-state index contributed by atoms with van der Waals surface area (Å²) in [5, 5.41) is 12.8. The third-order valence-corrected chi connectivity index (χ3v) is 2.91. The Hall–Kier alpha value is -2.37. The lowest BCUT2D eigenvalue weighted by atomic mass is 10.1. The highest BCUT2D eigenvalue weighted by atomic mass is 16.2. The summed E-state index contributed by atoms with van der Waals surface area (Å²) in [4.78, 5) is 23.3. The van der Waals surface area contributed by atoms with Crippen LogP contribution in [0.3, 0.4) is 0 Å². The number of carbonyl (C=O) groups excluding carboxylic acids is 2. The number of fused-ring (bicyclic) bond motifs is 1. The van der Waals surface area contributed by atoms with Gasteiger partial charge in [0.05, 0.1) is 11.7 Å². The predicted octanol–water partition coefficient (Wildman–Crippen LogP) is 1.66. The van der Waals surface area contributed by atoms with E-state index in [0.29, 0.717) is 18.2 Å². The smallest absolute Gasteiger partial charge is 0.313 e. The van der Waals surface area contributed by atoms with Crippen LogP contribution >= 0.6 is 0 Å². The van der Waals surface area contributed by atoms with Crippen molar-refractivity contribution in [3.63, 3.8) is 0 Å². The molecule has 6 heteroatoms. The summed E-state index contributed by atoms with van der Waals surface area (Å²) in [6, 6.07) is 5.30. The lowest BCUT2D eigenvalue weighted by Crippen LogP contribution is -2.36. The summed E-state index contributed by atoms with van der Waals surface area (Å²) in [5.74, 6) is -0.788. The molecule has 6 nitrogen and oxygen atoms in total. The Morgan fingerprint density at radius 1 is 1.30 bits per heavy atom. The zero-order chi connectivity index (χ0) is 14.5. The van der Waals surface area contributed by atoms with Crippen molar-refractivity contribution >= 4 is 28.4 Å². The van der Waals surface area contributed by atoms with Crippen molar-refractivity contribution in [3.8, 4) is 0 Å². The number of nitrogens with one attached hydrogen (secondary N) is 3. The molecule has 0 unspecified atom stereocenters. The molecule has 0 saturated heterocycles. The maximum absolute atomic E-state index is 11.7. The van der Waals surface area contributed by atoms with Gasteiger partial charge in [-0.25, -0.2) is 0 Å². The van der Waals surface area contributed by atoms with Crippen LogP contribution in [0.5, 0.6) is 0 Å². The second-order valence-corrected chi connectivity index (χ2v) is 5.06. The molecule has 1 aromatic carbocycles. The average molecular weight is 274 g/mol. The maximum atomic E-state index is 11.7. The summed E-state index contributed by atoms with van der Waals surface area (Å²) in [6.07, 6.45) is 2.54. The minimum atomic E-state index is -0.660. The molecule has 0 spiro atoms. The number of nitrogens with zero attached hydrogens (tertiary/aromatic N) is 1. The molecule has 2 amide bonds. The number of aromatic amines is 1. The van der Waals surface area contributed by atoms with E-state index in [1.807, 2.05) is 6.07 Å². The molecule has 0 radical (unpaired) electrons. The molecule has 106 valence electrons. The largest absolute Gasteiger partial charge is 0.348 e. The first-order valence-electron chi connectivity index (χ1n) is 6.58. The van der Waals surface area contributed by atoms with Gasteiger partial charge in [-0.3, -0.25) is 14.7 Å². The molecule has 0 aliphatic heterocycles. The highest BCUT2D eigenvalue weighted by Gasteiger charge is 2.13.